The van der Waals surface area contributed by atoms with Crippen molar-refractivity contribution in [2.45, 2.75) is 11.3 Å². The van der Waals surface area contributed by atoms with Crippen LogP contribution in [0.4, 0.5) is 0 Å². The van der Waals surface area contributed by atoms with Gasteiger partial charge in [-0.25, -0.2) is 0 Å². The van der Waals surface area contributed by atoms with Crippen LogP contribution >= 0.6 is 23.1 Å². The number of thioether (sulfide) groups is 1. The van der Waals surface area contributed by atoms with Crippen LogP contribution in [0.25, 0.3) is 0 Å². The summed E-state index contributed by atoms with van der Waals surface area (Å²) in [6.45, 7) is 2.21. The topological polar surface area (TPSA) is 52.1 Å². The van der Waals surface area contributed by atoms with Crippen molar-refractivity contribution in [3.05, 3.63) is 5.51 Å². The lowest BCUT2D eigenvalue weighted by Gasteiger charge is -1.97. The molecule has 1 aromatic rings. The Morgan fingerprint density at radius 3 is 3.25 bits per heavy atom. The third-order valence-electron chi connectivity index (χ3n) is 0.959. The van der Waals surface area contributed by atoms with Gasteiger partial charge >= 0.3 is 5.97 Å². The van der Waals surface area contributed by atoms with E-state index in [0.29, 0.717) is 12.4 Å². The molecule has 0 aliphatic carbocycles. The molecule has 0 N–H and O–H groups in total. The van der Waals surface area contributed by atoms with Gasteiger partial charge in [-0.05, 0) is 6.92 Å². The average molecular weight is 204 g/mol. The number of nitrogens with zero attached hydrogens (tertiary/aromatic N) is 2. The van der Waals surface area contributed by atoms with Crippen LogP contribution in [0.3, 0.4) is 0 Å². The summed E-state index contributed by atoms with van der Waals surface area (Å²) >= 11 is 2.76. The molecule has 1 heterocycles. The monoisotopic (exact) mass is 204 g/mol. The maximum atomic E-state index is 10.9. The zero-order valence-electron chi connectivity index (χ0n) is 6.52. The second kappa shape index (κ2) is 5.10. The summed E-state index contributed by atoms with van der Waals surface area (Å²) < 4.78 is 5.53. The van der Waals surface area contributed by atoms with Crippen LogP contribution in [0.5, 0.6) is 0 Å². The highest BCUT2D eigenvalue weighted by molar-refractivity contribution is 8.01. The third kappa shape index (κ3) is 3.19. The number of hydrogen-bond acceptors (Lipinski definition) is 6. The van der Waals surface area contributed by atoms with Crippen molar-refractivity contribution in [2.75, 3.05) is 12.4 Å². The molecule has 0 unspecified atom stereocenters. The molecule has 0 aromatic carbocycles. The van der Waals surface area contributed by atoms with E-state index in [0.717, 1.165) is 4.34 Å². The van der Waals surface area contributed by atoms with E-state index in [-0.39, 0.29) is 5.97 Å². The Morgan fingerprint density at radius 2 is 2.67 bits per heavy atom. The minimum absolute atomic E-state index is 0.210. The lowest BCUT2D eigenvalue weighted by molar-refractivity contribution is -0.139. The normalized spacial score (nSPS) is 9.75. The van der Waals surface area contributed by atoms with Gasteiger partial charge in [0.05, 0.1) is 12.4 Å². The number of carbonyl (C=O) groups is 1. The smallest absolute Gasteiger partial charge is 0.316 e. The zero-order chi connectivity index (χ0) is 8.81. The maximum Gasteiger partial charge on any atom is 0.316 e. The lowest BCUT2D eigenvalue weighted by atomic mass is 10.8. The van der Waals surface area contributed by atoms with Gasteiger partial charge < -0.3 is 4.74 Å². The van der Waals surface area contributed by atoms with Crippen molar-refractivity contribution < 1.29 is 9.53 Å². The molecule has 0 saturated carbocycles. The zero-order valence-corrected chi connectivity index (χ0v) is 8.15. The van der Waals surface area contributed by atoms with Crippen molar-refractivity contribution in [3.63, 3.8) is 0 Å². The van der Waals surface area contributed by atoms with E-state index in [4.69, 9.17) is 4.74 Å². The molecule has 12 heavy (non-hydrogen) atoms. The van der Waals surface area contributed by atoms with E-state index in [1.165, 1.54) is 23.1 Å². The van der Waals surface area contributed by atoms with Gasteiger partial charge in [-0.15, -0.1) is 10.2 Å². The molecular weight excluding hydrogens is 196 g/mol. The minimum Gasteiger partial charge on any atom is -0.465 e. The Kier molecular flexibility index (Phi) is 4.02. The van der Waals surface area contributed by atoms with E-state index < -0.39 is 0 Å². The van der Waals surface area contributed by atoms with Crippen LogP contribution < -0.4 is 0 Å². The maximum absolute atomic E-state index is 10.9. The number of aromatic nitrogens is 2. The first-order valence-corrected chi connectivity index (χ1v) is 5.24. The Balaban J connectivity index is 2.22. The molecule has 0 spiro atoms. The van der Waals surface area contributed by atoms with Crippen LogP contribution in [0, 0.1) is 0 Å². The second-order valence-electron chi connectivity index (χ2n) is 1.80. The first-order chi connectivity index (χ1) is 5.83. The molecule has 4 nitrogen and oxygen atoms in total. The Hall–Kier alpha value is -0.620. The number of esters is 1. The number of ether oxygens (including phenoxy) is 1. The molecule has 0 saturated heterocycles. The number of carbonyl (C=O) groups excluding carboxylic acids is 1. The molecule has 66 valence electrons. The largest absolute Gasteiger partial charge is 0.465 e. The summed E-state index contributed by atoms with van der Waals surface area (Å²) in [5.74, 6) is 0.0981. The van der Waals surface area contributed by atoms with Gasteiger partial charge in [0.15, 0.2) is 4.34 Å². The van der Waals surface area contributed by atoms with E-state index in [2.05, 4.69) is 10.2 Å². The van der Waals surface area contributed by atoms with E-state index >= 15 is 0 Å². The molecule has 0 aliphatic rings. The SMILES string of the molecule is CCOC(=O)CSc1nncs1. The van der Waals surface area contributed by atoms with Gasteiger partial charge in [0.1, 0.15) is 5.51 Å². The van der Waals surface area contributed by atoms with Crippen LogP contribution in [0.15, 0.2) is 9.85 Å². The Bertz CT molecular complexity index is 238. The van der Waals surface area contributed by atoms with Crippen LogP contribution in [-0.2, 0) is 9.53 Å². The molecule has 0 aliphatic heterocycles. The molecule has 0 bridgehead atoms. The van der Waals surface area contributed by atoms with Gasteiger partial charge in [0, 0.05) is 0 Å². The summed E-state index contributed by atoms with van der Waals surface area (Å²) in [5.41, 5.74) is 1.63. The van der Waals surface area contributed by atoms with Gasteiger partial charge in [0.2, 0.25) is 0 Å². The van der Waals surface area contributed by atoms with Crippen LogP contribution in [0.1, 0.15) is 6.92 Å². The van der Waals surface area contributed by atoms with Crippen molar-refractivity contribution in [3.8, 4) is 0 Å². The van der Waals surface area contributed by atoms with Crippen molar-refractivity contribution >= 4 is 29.1 Å². The predicted molar refractivity (Wildman–Crippen MR) is 47.3 cm³/mol. The van der Waals surface area contributed by atoms with E-state index in [9.17, 15) is 4.79 Å². The third-order valence-corrected chi connectivity index (χ3v) is 2.79. The Labute approximate surface area is 78.3 Å². The summed E-state index contributed by atoms with van der Waals surface area (Å²) in [5, 5.41) is 7.41. The van der Waals surface area contributed by atoms with Crippen molar-refractivity contribution in [2.24, 2.45) is 0 Å². The minimum atomic E-state index is -0.210. The van der Waals surface area contributed by atoms with Gasteiger partial charge in [-0.1, -0.05) is 23.1 Å². The molecule has 0 amide bonds. The van der Waals surface area contributed by atoms with Crippen LogP contribution in [-0.4, -0.2) is 28.5 Å². The first kappa shape index (κ1) is 9.47. The fraction of sp³-hybridized carbons (Fsp3) is 0.500. The summed E-state index contributed by atoms with van der Waals surface area (Å²) in [6, 6.07) is 0. The molecular formula is C6H8N2O2S2. The Morgan fingerprint density at radius 1 is 1.83 bits per heavy atom. The van der Waals surface area contributed by atoms with E-state index in [1.54, 1.807) is 12.4 Å². The van der Waals surface area contributed by atoms with Gasteiger partial charge in [-0.3, -0.25) is 4.79 Å². The lowest BCUT2D eigenvalue weighted by Crippen LogP contribution is -2.06. The standard InChI is InChI=1S/C6H8N2O2S2/c1-2-10-5(9)3-11-6-8-7-4-12-6/h4H,2-3H2,1H3. The molecule has 0 atom stereocenters. The first-order valence-electron chi connectivity index (χ1n) is 3.37. The molecule has 1 rings (SSSR count). The summed E-state index contributed by atoms with van der Waals surface area (Å²) in [6.07, 6.45) is 0. The molecule has 0 radical (unpaired) electrons. The fourth-order valence-corrected chi connectivity index (χ4v) is 1.84. The fourth-order valence-electron chi connectivity index (χ4n) is 0.549. The highest BCUT2D eigenvalue weighted by Crippen LogP contribution is 2.18. The van der Waals surface area contributed by atoms with Crippen LogP contribution in [0.2, 0.25) is 0 Å². The molecule has 6 heteroatoms. The number of hydrogen-bond donors (Lipinski definition) is 0. The average Bonchev–Trinajstić information content (AvgIpc) is 2.53. The quantitative estimate of drug-likeness (QED) is 0.544. The molecule has 1 aromatic heterocycles. The highest BCUT2D eigenvalue weighted by atomic mass is 32.2. The van der Waals surface area contributed by atoms with Crippen molar-refractivity contribution in [1.82, 2.24) is 10.2 Å². The molecule has 0 fully saturated rings. The second-order valence-corrected chi connectivity index (χ2v) is 3.85. The summed E-state index contributed by atoms with van der Waals surface area (Å²) in [4.78, 5) is 10.9. The number of rotatable bonds is 4. The van der Waals surface area contributed by atoms with Gasteiger partial charge in [0.25, 0.3) is 0 Å². The highest BCUT2D eigenvalue weighted by Gasteiger charge is 2.04. The predicted octanol–water partition coefficient (Wildman–Crippen LogP) is 1.19. The van der Waals surface area contributed by atoms with Gasteiger partial charge in [-0.2, -0.15) is 0 Å². The van der Waals surface area contributed by atoms with Crippen molar-refractivity contribution in [1.29, 1.82) is 0 Å². The summed E-state index contributed by atoms with van der Waals surface area (Å²) in [7, 11) is 0. The van der Waals surface area contributed by atoms with E-state index in [1.807, 2.05) is 0 Å².